The molecule has 1 aliphatic rings. The number of thiocarbonyl (C=S) groups is 1. The van der Waals surface area contributed by atoms with Crippen molar-refractivity contribution in [3.05, 3.63) is 23.2 Å². The zero-order valence-electron chi connectivity index (χ0n) is 12.1. The van der Waals surface area contributed by atoms with Crippen LogP contribution in [0.15, 0.2) is 18.2 Å². The minimum absolute atomic E-state index is 0.313. The molecule has 1 heterocycles. The number of nitrogens with zero attached hydrogens (tertiary/aromatic N) is 1. The minimum atomic E-state index is 0.313. The lowest BCUT2D eigenvalue weighted by Gasteiger charge is -2.31. The molecule has 0 saturated carbocycles. The van der Waals surface area contributed by atoms with E-state index < -0.39 is 0 Å². The number of hydrogen-bond acceptors (Lipinski definition) is 2. The van der Waals surface area contributed by atoms with E-state index in [1.54, 1.807) is 0 Å². The van der Waals surface area contributed by atoms with Crippen molar-refractivity contribution in [2.45, 2.75) is 39.2 Å². The third-order valence-corrected chi connectivity index (χ3v) is 3.78. The van der Waals surface area contributed by atoms with Gasteiger partial charge in [0.25, 0.3) is 0 Å². The Labute approximate surface area is 131 Å². The van der Waals surface area contributed by atoms with E-state index in [1.807, 2.05) is 12.1 Å². The van der Waals surface area contributed by atoms with E-state index in [4.69, 9.17) is 23.8 Å². The van der Waals surface area contributed by atoms with Crippen molar-refractivity contribution in [1.29, 1.82) is 0 Å². The predicted octanol–water partition coefficient (Wildman–Crippen LogP) is 4.03. The minimum Gasteiger partial charge on any atom is -0.370 e. The molecule has 1 saturated heterocycles. The molecule has 0 amide bonds. The van der Waals surface area contributed by atoms with E-state index in [0.717, 1.165) is 23.8 Å². The molecule has 2 N–H and O–H groups in total. The highest BCUT2D eigenvalue weighted by Gasteiger charge is 2.15. The van der Waals surface area contributed by atoms with Gasteiger partial charge in [0.2, 0.25) is 0 Å². The van der Waals surface area contributed by atoms with E-state index >= 15 is 0 Å². The molecule has 1 aliphatic heterocycles. The molecular formula is C15H22ClN3S. The molecule has 1 aromatic rings. The van der Waals surface area contributed by atoms with E-state index in [2.05, 4.69) is 35.4 Å². The first-order valence-electron chi connectivity index (χ1n) is 7.18. The molecule has 5 heteroatoms. The molecule has 1 fully saturated rings. The van der Waals surface area contributed by atoms with Crippen LogP contribution < -0.4 is 15.5 Å². The average molecular weight is 312 g/mol. The standard InChI is InChI=1S/C15H22ClN3S/c1-11(2)17-15(20)18-13-10-12(16)6-7-14(13)19-8-4-3-5-9-19/h6-7,10-11H,3-5,8-9H2,1-2H3,(H2,17,18,20). The summed E-state index contributed by atoms with van der Waals surface area (Å²) in [5.41, 5.74) is 2.17. The van der Waals surface area contributed by atoms with Gasteiger partial charge in [-0.25, -0.2) is 0 Å². The molecule has 110 valence electrons. The van der Waals surface area contributed by atoms with E-state index in [9.17, 15) is 0 Å². The molecule has 20 heavy (non-hydrogen) atoms. The number of benzene rings is 1. The number of halogens is 1. The Bertz CT molecular complexity index is 470. The van der Waals surface area contributed by atoms with Crippen molar-refractivity contribution < 1.29 is 0 Å². The average Bonchev–Trinajstić information content (AvgIpc) is 2.39. The molecule has 0 atom stereocenters. The summed E-state index contributed by atoms with van der Waals surface area (Å²) in [4.78, 5) is 2.40. The SMILES string of the molecule is CC(C)NC(=S)Nc1cc(Cl)ccc1N1CCCCC1. The summed E-state index contributed by atoms with van der Waals surface area (Å²) in [7, 11) is 0. The van der Waals surface area contributed by atoms with Crippen molar-refractivity contribution in [1.82, 2.24) is 5.32 Å². The van der Waals surface area contributed by atoms with Gasteiger partial charge in [-0.3, -0.25) is 0 Å². The Morgan fingerprint density at radius 2 is 1.95 bits per heavy atom. The zero-order valence-corrected chi connectivity index (χ0v) is 13.7. The lowest BCUT2D eigenvalue weighted by Crippen LogP contribution is -2.35. The van der Waals surface area contributed by atoms with Crippen LogP contribution >= 0.6 is 23.8 Å². The van der Waals surface area contributed by atoms with Gasteiger partial charge in [0.1, 0.15) is 0 Å². The second kappa shape index (κ2) is 7.14. The van der Waals surface area contributed by atoms with Crippen LogP contribution in [0.2, 0.25) is 5.02 Å². The summed E-state index contributed by atoms with van der Waals surface area (Å²) < 4.78 is 0. The second-order valence-corrected chi connectivity index (χ2v) is 6.31. The topological polar surface area (TPSA) is 27.3 Å². The summed E-state index contributed by atoms with van der Waals surface area (Å²) in [5.74, 6) is 0. The third kappa shape index (κ3) is 4.25. The maximum Gasteiger partial charge on any atom is 0.171 e. The largest absolute Gasteiger partial charge is 0.370 e. The van der Waals surface area contributed by atoms with Crippen LogP contribution in [0.1, 0.15) is 33.1 Å². The molecule has 0 radical (unpaired) electrons. The normalized spacial score (nSPS) is 15.3. The van der Waals surface area contributed by atoms with Crippen LogP contribution in [-0.4, -0.2) is 24.2 Å². The lowest BCUT2D eigenvalue weighted by molar-refractivity contribution is 0.578. The number of anilines is 2. The number of rotatable bonds is 3. The van der Waals surface area contributed by atoms with Gasteiger partial charge in [0, 0.05) is 24.2 Å². The van der Waals surface area contributed by atoms with E-state index in [1.165, 1.54) is 24.9 Å². The fourth-order valence-electron chi connectivity index (χ4n) is 2.44. The Kier molecular flexibility index (Phi) is 5.49. The second-order valence-electron chi connectivity index (χ2n) is 5.46. The molecule has 0 aromatic heterocycles. The number of nitrogens with one attached hydrogen (secondary N) is 2. The van der Waals surface area contributed by atoms with Crippen LogP contribution in [-0.2, 0) is 0 Å². The molecular weight excluding hydrogens is 290 g/mol. The van der Waals surface area contributed by atoms with Crippen molar-refractivity contribution >= 4 is 40.3 Å². The summed E-state index contributed by atoms with van der Waals surface area (Å²) in [6.45, 7) is 6.33. The number of piperidine rings is 1. The smallest absolute Gasteiger partial charge is 0.171 e. The molecule has 1 aromatic carbocycles. The van der Waals surface area contributed by atoms with E-state index in [-0.39, 0.29) is 0 Å². The highest BCUT2D eigenvalue weighted by molar-refractivity contribution is 7.80. The quantitative estimate of drug-likeness (QED) is 0.824. The Hall–Kier alpha value is -1.00. The van der Waals surface area contributed by atoms with Gasteiger partial charge in [-0.15, -0.1) is 0 Å². The summed E-state index contributed by atoms with van der Waals surface area (Å²) in [5, 5.41) is 7.84. The molecule has 2 rings (SSSR count). The third-order valence-electron chi connectivity index (χ3n) is 3.32. The van der Waals surface area contributed by atoms with Crippen LogP contribution in [0.25, 0.3) is 0 Å². The van der Waals surface area contributed by atoms with Gasteiger partial charge in [0.05, 0.1) is 11.4 Å². The summed E-state index contributed by atoms with van der Waals surface area (Å²) in [6.07, 6.45) is 3.81. The molecule has 0 unspecified atom stereocenters. The van der Waals surface area contributed by atoms with Gasteiger partial charge in [-0.2, -0.15) is 0 Å². The number of hydrogen-bond donors (Lipinski definition) is 2. The first kappa shape index (κ1) is 15.4. The maximum atomic E-state index is 6.12. The first-order chi connectivity index (χ1) is 9.56. The highest BCUT2D eigenvalue weighted by atomic mass is 35.5. The summed E-state index contributed by atoms with van der Waals surface area (Å²) in [6, 6.07) is 6.27. The molecule has 3 nitrogen and oxygen atoms in total. The fraction of sp³-hybridized carbons (Fsp3) is 0.533. The van der Waals surface area contributed by atoms with Crippen molar-refractivity contribution in [2.24, 2.45) is 0 Å². The molecule has 0 spiro atoms. The van der Waals surface area contributed by atoms with Gasteiger partial charge in [0.15, 0.2) is 5.11 Å². The Morgan fingerprint density at radius 1 is 1.25 bits per heavy atom. The fourth-order valence-corrected chi connectivity index (χ4v) is 2.96. The van der Waals surface area contributed by atoms with Gasteiger partial charge < -0.3 is 15.5 Å². The van der Waals surface area contributed by atoms with Crippen molar-refractivity contribution in [3.63, 3.8) is 0 Å². The van der Waals surface area contributed by atoms with Crippen molar-refractivity contribution in [2.75, 3.05) is 23.3 Å². The van der Waals surface area contributed by atoms with Crippen LogP contribution in [0.3, 0.4) is 0 Å². The highest BCUT2D eigenvalue weighted by Crippen LogP contribution is 2.31. The van der Waals surface area contributed by atoms with Crippen LogP contribution in [0.4, 0.5) is 11.4 Å². The van der Waals surface area contributed by atoms with Gasteiger partial charge in [-0.05, 0) is 63.5 Å². The Balaban J connectivity index is 2.16. The molecule has 0 aliphatic carbocycles. The molecule has 0 bridgehead atoms. The van der Waals surface area contributed by atoms with Gasteiger partial charge >= 0.3 is 0 Å². The van der Waals surface area contributed by atoms with Gasteiger partial charge in [-0.1, -0.05) is 11.6 Å². The monoisotopic (exact) mass is 311 g/mol. The summed E-state index contributed by atoms with van der Waals surface area (Å²) >= 11 is 11.5. The zero-order chi connectivity index (χ0) is 14.5. The van der Waals surface area contributed by atoms with Crippen LogP contribution in [0, 0.1) is 0 Å². The van der Waals surface area contributed by atoms with E-state index in [0.29, 0.717) is 11.2 Å². The Morgan fingerprint density at radius 3 is 2.60 bits per heavy atom. The maximum absolute atomic E-state index is 6.12. The first-order valence-corrected chi connectivity index (χ1v) is 7.97. The van der Waals surface area contributed by atoms with Crippen molar-refractivity contribution in [3.8, 4) is 0 Å². The lowest BCUT2D eigenvalue weighted by atomic mass is 10.1. The predicted molar refractivity (Wildman–Crippen MR) is 92.0 cm³/mol. The van der Waals surface area contributed by atoms with Crippen LogP contribution in [0.5, 0.6) is 0 Å².